The number of esters is 1. The second kappa shape index (κ2) is 6.70. The first kappa shape index (κ1) is 16.0. The van der Waals surface area contributed by atoms with E-state index in [1.54, 1.807) is 59.1 Å². The summed E-state index contributed by atoms with van der Waals surface area (Å²) in [5.41, 5.74) is 1.63. The van der Waals surface area contributed by atoms with Gasteiger partial charge in [-0.05, 0) is 42.8 Å². The largest absolute Gasteiger partial charge is 0.453 e. The number of carbonyl (C=O) groups is 3. The van der Waals surface area contributed by atoms with Crippen LogP contribution in [0.15, 0.2) is 42.6 Å². The normalized spacial score (nSPS) is 14.0. The fourth-order valence-corrected chi connectivity index (χ4v) is 2.71. The van der Waals surface area contributed by atoms with Crippen molar-refractivity contribution >= 4 is 23.3 Å². The van der Waals surface area contributed by atoms with Crippen molar-refractivity contribution in [3.8, 4) is 0 Å². The third-order valence-corrected chi connectivity index (χ3v) is 4.06. The van der Waals surface area contributed by atoms with E-state index in [4.69, 9.17) is 4.74 Å². The van der Waals surface area contributed by atoms with Gasteiger partial charge in [-0.1, -0.05) is 0 Å². The van der Waals surface area contributed by atoms with Crippen LogP contribution in [0.3, 0.4) is 0 Å². The summed E-state index contributed by atoms with van der Waals surface area (Å²) in [6.45, 7) is 0.395. The topological polar surface area (TPSA) is 68.6 Å². The van der Waals surface area contributed by atoms with Crippen LogP contribution < -0.4 is 4.90 Å². The van der Waals surface area contributed by atoms with Crippen LogP contribution in [-0.2, 0) is 16.6 Å². The molecule has 0 atom stereocenters. The first-order chi connectivity index (χ1) is 11.6. The Balaban J connectivity index is 1.60. The van der Waals surface area contributed by atoms with E-state index in [9.17, 15) is 14.4 Å². The van der Waals surface area contributed by atoms with Crippen LogP contribution in [-0.4, -0.2) is 35.4 Å². The molecule has 0 saturated carbocycles. The van der Waals surface area contributed by atoms with Gasteiger partial charge in [-0.3, -0.25) is 9.59 Å². The van der Waals surface area contributed by atoms with Crippen molar-refractivity contribution in [2.24, 2.45) is 7.05 Å². The van der Waals surface area contributed by atoms with Gasteiger partial charge in [0.15, 0.2) is 12.4 Å². The van der Waals surface area contributed by atoms with E-state index >= 15 is 0 Å². The average molecular weight is 326 g/mol. The maximum absolute atomic E-state index is 12.1. The van der Waals surface area contributed by atoms with Crippen molar-refractivity contribution in [1.82, 2.24) is 4.57 Å². The third-order valence-electron chi connectivity index (χ3n) is 4.06. The number of Topliss-reactive ketones (excluding diaryl/α,β-unsaturated/α-hetero) is 1. The molecule has 1 aromatic heterocycles. The minimum absolute atomic E-state index is 0.102. The maximum atomic E-state index is 12.1. The standard InChI is InChI=1S/C18H18N2O4/c1-19-10-2-4-15(19)18(23)24-12-16(21)13-6-8-14(9-7-13)20-11-3-5-17(20)22/h2,4,6-10H,3,5,11-12H2,1H3. The zero-order chi connectivity index (χ0) is 17.1. The molecule has 0 N–H and O–H groups in total. The van der Waals surface area contributed by atoms with Crippen molar-refractivity contribution in [3.05, 3.63) is 53.9 Å². The molecule has 24 heavy (non-hydrogen) atoms. The number of aromatic nitrogens is 1. The zero-order valence-corrected chi connectivity index (χ0v) is 13.4. The van der Waals surface area contributed by atoms with Gasteiger partial charge in [-0.15, -0.1) is 0 Å². The molecule has 124 valence electrons. The van der Waals surface area contributed by atoms with Gasteiger partial charge in [0.05, 0.1) is 0 Å². The summed E-state index contributed by atoms with van der Waals surface area (Å²) in [7, 11) is 1.73. The number of carbonyl (C=O) groups excluding carboxylic acids is 3. The van der Waals surface area contributed by atoms with E-state index in [1.807, 2.05) is 0 Å². The third kappa shape index (κ3) is 3.22. The quantitative estimate of drug-likeness (QED) is 0.624. The van der Waals surface area contributed by atoms with Gasteiger partial charge in [0.1, 0.15) is 5.69 Å². The summed E-state index contributed by atoms with van der Waals surface area (Å²) >= 11 is 0. The summed E-state index contributed by atoms with van der Waals surface area (Å²) in [6, 6.07) is 10.2. The summed E-state index contributed by atoms with van der Waals surface area (Å²) < 4.78 is 6.69. The van der Waals surface area contributed by atoms with Crippen molar-refractivity contribution in [2.75, 3.05) is 18.1 Å². The monoisotopic (exact) mass is 326 g/mol. The molecule has 1 fully saturated rings. The highest BCUT2D eigenvalue weighted by Crippen LogP contribution is 2.21. The molecule has 0 spiro atoms. The Labute approximate surface area is 139 Å². The van der Waals surface area contributed by atoms with Crippen molar-refractivity contribution in [1.29, 1.82) is 0 Å². The van der Waals surface area contributed by atoms with Crippen molar-refractivity contribution in [3.63, 3.8) is 0 Å². The molecule has 0 aliphatic carbocycles. The molecule has 1 amide bonds. The summed E-state index contributed by atoms with van der Waals surface area (Å²) in [4.78, 5) is 37.4. The SMILES string of the molecule is Cn1cccc1C(=O)OCC(=O)c1ccc(N2CCCC2=O)cc1. The summed E-state index contributed by atoms with van der Waals surface area (Å²) in [5, 5.41) is 0. The lowest BCUT2D eigenvalue weighted by molar-refractivity contribution is -0.117. The van der Waals surface area contributed by atoms with Gasteiger partial charge >= 0.3 is 5.97 Å². The van der Waals surface area contributed by atoms with Gasteiger partial charge in [0.2, 0.25) is 5.91 Å². The summed E-state index contributed by atoms with van der Waals surface area (Å²) in [5.74, 6) is -0.711. The smallest absolute Gasteiger partial charge is 0.355 e. The van der Waals surface area contributed by atoms with Gasteiger partial charge in [0.25, 0.3) is 0 Å². The Morgan fingerprint density at radius 3 is 2.50 bits per heavy atom. The number of amides is 1. The molecule has 1 aliphatic heterocycles. The highest BCUT2D eigenvalue weighted by Gasteiger charge is 2.21. The molecular formula is C18H18N2O4. The lowest BCUT2D eigenvalue weighted by Crippen LogP contribution is -2.23. The number of ketones is 1. The fraction of sp³-hybridized carbons (Fsp3) is 0.278. The van der Waals surface area contributed by atoms with Gasteiger partial charge in [-0.25, -0.2) is 4.79 Å². The minimum Gasteiger partial charge on any atom is -0.453 e. The maximum Gasteiger partial charge on any atom is 0.355 e. The number of hydrogen-bond donors (Lipinski definition) is 0. The van der Waals surface area contributed by atoms with Crippen molar-refractivity contribution in [2.45, 2.75) is 12.8 Å². The molecular weight excluding hydrogens is 308 g/mol. The van der Waals surface area contributed by atoms with Crippen LogP contribution in [0.2, 0.25) is 0 Å². The van der Waals surface area contributed by atoms with Crippen LogP contribution in [0.25, 0.3) is 0 Å². The van der Waals surface area contributed by atoms with Crippen LogP contribution >= 0.6 is 0 Å². The zero-order valence-electron chi connectivity index (χ0n) is 13.4. The lowest BCUT2D eigenvalue weighted by Gasteiger charge is -2.15. The van der Waals surface area contributed by atoms with Crippen LogP contribution in [0, 0.1) is 0 Å². The first-order valence-electron chi connectivity index (χ1n) is 7.78. The lowest BCUT2D eigenvalue weighted by atomic mass is 10.1. The number of ether oxygens (including phenoxy) is 1. The Kier molecular flexibility index (Phi) is 4.46. The molecule has 3 rings (SSSR count). The Morgan fingerprint density at radius 2 is 1.92 bits per heavy atom. The molecule has 1 saturated heterocycles. The fourth-order valence-electron chi connectivity index (χ4n) is 2.71. The molecule has 2 heterocycles. The van der Waals surface area contributed by atoms with E-state index in [0.29, 0.717) is 24.2 Å². The number of anilines is 1. The van der Waals surface area contributed by atoms with Crippen LogP contribution in [0.4, 0.5) is 5.69 Å². The van der Waals surface area contributed by atoms with Gasteiger partial charge in [0, 0.05) is 37.5 Å². The van der Waals surface area contributed by atoms with E-state index < -0.39 is 5.97 Å². The van der Waals surface area contributed by atoms with Crippen LogP contribution in [0.1, 0.15) is 33.7 Å². The molecule has 0 bridgehead atoms. The Hall–Kier alpha value is -2.89. The molecule has 6 heteroatoms. The highest BCUT2D eigenvalue weighted by atomic mass is 16.5. The van der Waals surface area contributed by atoms with E-state index in [0.717, 1.165) is 12.1 Å². The van der Waals surface area contributed by atoms with E-state index in [1.165, 1.54) is 0 Å². The van der Waals surface area contributed by atoms with E-state index in [-0.39, 0.29) is 18.3 Å². The molecule has 1 aromatic carbocycles. The molecule has 1 aliphatic rings. The molecule has 2 aromatic rings. The van der Waals surface area contributed by atoms with Crippen LogP contribution in [0.5, 0.6) is 0 Å². The molecule has 6 nitrogen and oxygen atoms in total. The second-order valence-electron chi connectivity index (χ2n) is 5.70. The molecule has 0 unspecified atom stereocenters. The summed E-state index contributed by atoms with van der Waals surface area (Å²) in [6.07, 6.45) is 3.15. The Morgan fingerprint density at radius 1 is 1.17 bits per heavy atom. The number of hydrogen-bond acceptors (Lipinski definition) is 4. The number of aryl methyl sites for hydroxylation is 1. The van der Waals surface area contributed by atoms with Crippen molar-refractivity contribution < 1.29 is 19.1 Å². The highest BCUT2D eigenvalue weighted by molar-refractivity contribution is 6.00. The average Bonchev–Trinajstić information content (AvgIpc) is 3.20. The van der Waals surface area contributed by atoms with E-state index in [2.05, 4.69) is 0 Å². The predicted molar refractivity (Wildman–Crippen MR) is 88.1 cm³/mol. The van der Waals surface area contributed by atoms with Gasteiger partial charge in [-0.2, -0.15) is 0 Å². The number of rotatable bonds is 5. The Bertz CT molecular complexity index is 777. The molecule has 0 radical (unpaired) electrons. The minimum atomic E-state index is -0.532. The van der Waals surface area contributed by atoms with Gasteiger partial charge < -0.3 is 14.2 Å². The number of benzene rings is 1. The number of nitrogens with zero attached hydrogens (tertiary/aromatic N) is 2. The second-order valence-corrected chi connectivity index (χ2v) is 5.70. The first-order valence-corrected chi connectivity index (χ1v) is 7.78. The predicted octanol–water partition coefficient (Wildman–Crippen LogP) is 2.19.